The number of nitrogens with zero attached hydrogens (tertiary/aromatic N) is 1. The Kier molecular flexibility index (Phi) is 1.73. The summed E-state index contributed by atoms with van der Waals surface area (Å²) in [6.45, 7) is 4.89. The van der Waals surface area contributed by atoms with E-state index in [-0.39, 0.29) is 5.41 Å². The molecule has 2 fully saturated rings. The average Bonchev–Trinajstić information content (AvgIpc) is 2.29. The number of piperidine rings is 1. The van der Waals surface area contributed by atoms with Gasteiger partial charge in [-0.25, -0.2) is 0 Å². The van der Waals surface area contributed by atoms with Crippen LogP contribution < -0.4 is 5.32 Å². The van der Waals surface area contributed by atoms with E-state index in [1.54, 1.807) is 0 Å². The summed E-state index contributed by atoms with van der Waals surface area (Å²) in [4.78, 5) is 13.5. The molecule has 2 atom stereocenters. The molecule has 2 unspecified atom stereocenters. The summed E-state index contributed by atoms with van der Waals surface area (Å²) in [7, 11) is 2.05. The number of rotatable bonds is 0. The molecular weight excluding hydrogens is 152 g/mol. The highest BCUT2D eigenvalue weighted by Crippen LogP contribution is 2.35. The van der Waals surface area contributed by atoms with E-state index in [1.165, 1.54) is 0 Å². The molecule has 2 rings (SSSR count). The molecule has 0 aliphatic carbocycles. The first-order valence-electron chi connectivity index (χ1n) is 4.54. The van der Waals surface area contributed by atoms with E-state index >= 15 is 0 Å². The summed E-state index contributed by atoms with van der Waals surface area (Å²) < 4.78 is 0. The number of hydrogen-bond donors (Lipinski definition) is 1. The van der Waals surface area contributed by atoms with Crippen LogP contribution in [0.2, 0.25) is 0 Å². The minimum absolute atomic E-state index is 0.198. The summed E-state index contributed by atoms with van der Waals surface area (Å²) in [5, 5.41) is 3.36. The van der Waals surface area contributed by atoms with Crippen LogP contribution in [0.4, 0.5) is 0 Å². The van der Waals surface area contributed by atoms with Gasteiger partial charge in [-0.3, -0.25) is 9.69 Å². The van der Waals surface area contributed by atoms with Crippen LogP contribution in [0.25, 0.3) is 0 Å². The van der Waals surface area contributed by atoms with E-state index in [1.807, 2.05) is 7.05 Å². The third-order valence-electron chi connectivity index (χ3n) is 3.23. The van der Waals surface area contributed by atoms with Crippen LogP contribution in [0.5, 0.6) is 0 Å². The van der Waals surface area contributed by atoms with Crippen LogP contribution in [-0.2, 0) is 4.79 Å². The van der Waals surface area contributed by atoms with Gasteiger partial charge in [0.25, 0.3) is 0 Å². The van der Waals surface area contributed by atoms with E-state index in [9.17, 15) is 4.79 Å². The Bertz CT molecular complexity index is 217. The minimum atomic E-state index is 0.198. The predicted molar refractivity (Wildman–Crippen MR) is 47.0 cm³/mol. The number of nitrogens with one attached hydrogen (secondary N) is 1. The molecule has 0 spiro atoms. The number of carbonyl (C=O) groups is 1. The van der Waals surface area contributed by atoms with Crippen LogP contribution in [0.1, 0.15) is 13.3 Å². The zero-order valence-corrected chi connectivity index (χ0v) is 7.76. The number of likely N-dealkylation sites (tertiary alicyclic amines) is 1. The van der Waals surface area contributed by atoms with Crippen molar-refractivity contribution in [2.24, 2.45) is 5.41 Å². The van der Waals surface area contributed by atoms with Gasteiger partial charge in [-0.05, 0) is 7.05 Å². The first-order chi connectivity index (χ1) is 5.62. The lowest BCUT2D eigenvalue weighted by atomic mass is 9.77. The monoisotopic (exact) mass is 168 g/mol. The van der Waals surface area contributed by atoms with Gasteiger partial charge in [0.2, 0.25) is 0 Å². The highest BCUT2D eigenvalue weighted by atomic mass is 16.1. The first kappa shape index (κ1) is 8.20. The second-order valence-electron chi connectivity index (χ2n) is 4.43. The topological polar surface area (TPSA) is 32.3 Å². The molecule has 0 aromatic carbocycles. The maximum atomic E-state index is 11.4. The van der Waals surface area contributed by atoms with E-state index in [2.05, 4.69) is 17.1 Å². The standard InChI is InChI=1S/C9H16N2O/c1-9-3-7(12)5-11(2)8(9)4-10-6-9/h8,10H,3-6H2,1-2H3. The Morgan fingerprint density at radius 3 is 3.17 bits per heavy atom. The van der Waals surface area contributed by atoms with Crippen LogP contribution in [-0.4, -0.2) is 43.4 Å². The molecule has 2 aliphatic heterocycles. The second kappa shape index (κ2) is 2.54. The van der Waals surface area contributed by atoms with E-state index < -0.39 is 0 Å². The van der Waals surface area contributed by atoms with Gasteiger partial charge in [-0.1, -0.05) is 6.92 Å². The molecule has 2 heterocycles. The van der Waals surface area contributed by atoms with Crippen molar-refractivity contribution in [3.8, 4) is 0 Å². The van der Waals surface area contributed by atoms with Gasteiger partial charge in [0.15, 0.2) is 0 Å². The number of likely N-dealkylation sites (N-methyl/N-ethyl adjacent to an activating group) is 1. The third-order valence-corrected chi connectivity index (χ3v) is 3.23. The molecule has 68 valence electrons. The third kappa shape index (κ3) is 1.08. The van der Waals surface area contributed by atoms with Crippen molar-refractivity contribution in [1.29, 1.82) is 0 Å². The van der Waals surface area contributed by atoms with Crippen molar-refractivity contribution >= 4 is 5.78 Å². The normalized spacial score (nSPS) is 43.2. The van der Waals surface area contributed by atoms with E-state index in [0.29, 0.717) is 18.4 Å². The van der Waals surface area contributed by atoms with Gasteiger partial charge < -0.3 is 5.32 Å². The van der Waals surface area contributed by atoms with Gasteiger partial charge in [-0.15, -0.1) is 0 Å². The van der Waals surface area contributed by atoms with Crippen molar-refractivity contribution in [2.45, 2.75) is 19.4 Å². The molecule has 3 heteroatoms. The highest BCUT2D eigenvalue weighted by Gasteiger charge is 2.45. The molecule has 0 saturated carbocycles. The van der Waals surface area contributed by atoms with Crippen LogP contribution in [0, 0.1) is 5.41 Å². The molecule has 12 heavy (non-hydrogen) atoms. The number of ketones is 1. The summed E-state index contributed by atoms with van der Waals surface area (Å²) in [6.07, 6.45) is 0.759. The second-order valence-corrected chi connectivity index (χ2v) is 4.43. The fourth-order valence-corrected chi connectivity index (χ4v) is 2.62. The molecule has 2 saturated heterocycles. The smallest absolute Gasteiger partial charge is 0.147 e. The molecule has 0 radical (unpaired) electrons. The predicted octanol–water partition coefficient (Wildman–Crippen LogP) is -0.131. The number of carbonyl (C=O) groups excluding carboxylic acids is 1. The van der Waals surface area contributed by atoms with Crippen molar-refractivity contribution in [3.05, 3.63) is 0 Å². The lowest BCUT2D eigenvalue weighted by molar-refractivity contribution is -0.127. The Morgan fingerprint density at radius 2 is 2.42 bits per heavy atom. The Balaban J connectivity index is 2.22. The quantitative estimate of drug-likeness (QED) is 0.547. The van der Waals surface area contributed by atoms with Crippen LogP contribution in [0.15, 0.2) is 0 Å². The van der Waals surface area contributed by atoms with Crippen LogP contribution in [0.3, 0.4) is 0 Å². The molecular formula is C9H16N2O. The van der Waals surface area contributed by atoms with Crippen LogP contribution >= 0.6 is 0 Å². The Labute approximate surface area is 73.1 Å². The SMILES string of the molecule is CN1CC(=O)CC2(C)CNCC12. The summed E-state index contributed by atoms with van der Waals surface area (Å²) in [5.41, 5.74) is 0.198. The average molecular weight is 168 g/mol. The first-order valence-corrected chi connectivity index (χ1v) is 4.54. The fourth-order valence-electron chi connectivity index (χ4n) is 2.62. The molecule has 0 aromatic heterocycles. The highest BCUT2D eigenvalue weighted by molar-refractivity contribution is 5.82. The molecule has 2 aliphatic rings. The van der Waals surface area contributed by atoms with Crippen molar-refractivity contribution in [1.82, 2.24) is 10.2 Å². The summed E-state index contributed by atoms with van der Waals surface area (Å²) >= 11 is 0. The van der Waals surface area contributed by atoms with Gasteiger partial charge in [0, 0.05) is 31.0 Å². The molecule has 0 bridgehead atoms. The Hall–Kier alpha value is -0.410. The van der Waals surface area contributed by atoms with Gasteiger partial charge in [0.1, 0.15) is 5.78 Å². The van der Waals surface area contributed by atoms with E-state index in [4.69, 9.17) is 0 Å². The van der Waals surface area contributed by atoms with Gasteiger partial charge in [0.05, 0.1) is 6.54 Å². The van der Waals surface area contributed by atoms with Crippen molar-refractivity contribution in [2.75, 3.05) is 26.7 Å². The summed E-state index contributed by atoms with van der Waals surface area (Å²) in [6, 6.07) is 0.565. The van der Waals surface area contributed by atoms with Gasteiger partial charge >= 0.3 is 0 Å². The largest absolute Gasteiger partial charge is 0.315 e. The molecule has 0 aromatic rings. The number of hydrogen-bond acceptors (Lipinski definition) is 3. The zero-order valence-electron chi connectivity index (χ0n) is 7.76. The lowest BCUT2D eigenvalue weighted by Gasteiger charge is -2.40. The minimum Gasteiger partial charge on any atom is -0.315 e. The fraction of sp³-hybridized carbons (Fsp3) is 0.889. The Morgan fingerprint density at radius 1 is 1.67 bits per heavy atom. The molecule has 3 nitrogen and oxygen atoms in total. The molecule has 1 N–H and O–H groups in total. The maximum Gasteiger partial charge on any atom is 0.147 e. The lowest BCUT2D eigenvalue weighted by Crippen LogP contribution is -2.52. The van der Waals surface area contributed by atoms with E-state index in [0.717, 1.165) is 19.5 Å². The number of fused-ring (bicyclic) bond motifs is 1. The molecule has 0 amide bonds. The zero-order chi connectivity index (χ0) is 8.77. The summed E-state index contributed by atoms with van der Waals surface area (Å²) in [5.74, 6) is 0.389. The van der Waals surface area contributed by atoms with Crippen molar-refractivity contribution in [3.63, 3.8) is 0 Å². The van der Waals surface area contributed by atoms with Crippen molar-refractivity contribution < 1.29 is 4.79 Å². The maximum absolute atomic E-state index is 11.4. The van der Waals surface area contributed by atoms with Gasteiger partial charge in [-0.2, -0.15) is 0 Å². The number of Topliss-reactive ketones (excluding diaryl/α,β-unsaturated/α-hetero) is 1.